The van der Waals surface area contributed by atoms with E-state index in [0.717, 1.165) is 31.7 Å². The maximum Gasteiger partial charge on any atom is 0.418 e. The fourth-order valence-corrected chi connectivity index (χ4v) is 1.89. The van der Waals surface area contributed by atoms with Gasteiger partial charge >= 0.3 is 6.18 Å². The third kappa shape index (κ3) is 4.59. The Morgan fingerprint density at radius 3 is 2.44 bits per heavy atom. The van der Waals surface area contributed by atoms with Gasteiger partial charge in [0.05, 0.1) is 5.56 Å². The van der Waals surface area contributed by atoms with Gasteiger partial charge in [0, 0.05) is 11.7 Å². The van der Waals surface area contributed by atoms with Gasteiger partial charge in [-0.25, -0.2) is 0 Å². The first-order valence-electron chi connectivity index (χ1n) is 6.38. The van der Waals surface area contributed by atoms with Gasteiger partial charge in [-0.15, -0.1) is 0 Å². The molecule has 0 aromatic heterocycles. The summed E-state index contributed by atoms with van der Waals surface area (Å²) in [6.07, 6.45) is -0.135. The van der Waals surface area contributed by atoms with Gasteiger partial charge in [0.2, 0.25) is 0 Å². The second-order valence-corrected chi connectivity index (χ2v) is 4.58. The quantitative estimate of drug-likeness (QED) is 0.702. The number of hydrogen-bond acceptors (Lipinski definition) is 1. The van der Waals surface area contributed by atoms with Gasteiger partial charge in [-0.2, -0.15) is 13.2 Å². The normalized spacial score (nSPS) is 13.4. The van der Waals surface area contributed by atoms with Crippen LogP contribution in [0.25, 0.3) is 0 Å². The third-order valence-electron chi connectivity index (χ3n) is 2.88. The molecule has 0 aliphatic carbocycles. The van der Waals surface area contributed by atoms with Gasteiger partial charge in [0.1, 0.15) is 0 Å². The third-order valence-corrected chi connectivity index (χ3v) is 2.88. The van der Waals surface area contributed by atoms with E-state index in [1.165, 1.54) is 12.1 Å². The lowest BCUT2D eigenvalue weighted by Gasteiger charge is -2.19. The summed E-state index contributed by atoms with van der Waals surface area (Å²) in [5.74, 6) is 0. The first-order valence-corrected chi connectivity index (χ1v) is 6.38. The number of para-hydroxylation sites is 1. The molecule has 0 fully saturated rings. The van der Waals surface area contributed by atoms with Crippen LogP contribution >= 0.6 is 0 Å². The Balaban J connectivity index is 2.66. The van der Waals surface area contributed by atoms with E-state index >= 15 is 0 Å². The molecule has 1 aromatic carbocycles. The van der Waals surface area contributed by atoms with E-state index in [9.17, 15) is 13.2 Å². The van der Waals surface area contributed by atoms with Gasteiger partial charge in [-0.05, 0) is 25.5 Å². The number of nitrogens with one attached hydrogen (secondary N) is 1. The summed E-state index contributed by atoms with van der Waals surface area (Å²) >= 11 is 0. The van der Waals surface area contributed by atoms with Crippen molar-refractivity contribution in [1.82, 2.24) is 0 Å². The van der Waals surface area contributed by atoms with Crippen LogP contribution in [0.15, 0.2) is 24.3 Å². The number of benzene rings is 1. The smallest absolute Gasteiger partial charge is 0.382 e. The molecule has 0 heterocycles. The summed E-state index contributed by atoms with van der Waals surface area (Å²) in [6, 6.07) is 5.69. The summed E-state index contributed by atoms with van der Waals surface area (Å²) in [5, 5.41) is 2.96. The van der Waals surface area contributed by atoms with Crippen molar-refractivity contribution in [3.05, 3.63) is 29.8 Å². The van der Waals surface area contributed by atoms with Crippen LogP contribution in [-0.4, -0.2) is 6.04 Å². The van der Waals surface area contributed by atoms with Crippen LogP contribution in [0.4, 0.5) is 18.9 Å². The van der Waals surface area contributed by atoms with Gasteiger partial charge < -0.3 is 5.32 Å². The zero-order valence-corrected chi connectivity index (χ0v) is 10.8. The second kappa shape index (κ2) is 6.66. The van der Waals surface area contributed by atoms with E-state index in [2.05, 4.69) is 12.2 Å². The minimum absolute atomic E-state index is 0.0556. The SMILES string of the molecule is CCCCCC(C)Nc1ccccc1C(F)(F)F. The number of alkyl halides is 3. The minimum atomic E-state index is -4.30. The second-order valence-electron chi connectivity index (χ2n) is 4.58. The van der Waals surface area contributed by atoms with Crippen LogP contribution in [0.1, 0.15) is 45.1 Å². The molecule has 1 aromatic rings. The summed E-state index contributed by atoms with van der Waals surface area (Å²) in [5.41, 5.74) is -0.415. The van der Waals surface area contributed by atoms with Crippen molar-refractivity contribution < 1.29 is 13.2 Å². The molecule has 1 unspecified atom stereocenters. The maximum atomic E-state index is 12.8. The van der Waals surface area contributed by atoms with Crippen molar-refractivity contribution in [2.75, 3.05) is 5.32 Å². The van der Waals surface area contributed by atoms with Crippen LogP contribution in [0.2, 0.25) is 0 Å². The first-order chi connectivity index (χ1) is 8.45. The van der Waals surface area contributed by atoms with E-state index in [1.54, 1.807) is 6.07 Å². The fourth-order valence-electron chi connectivity index (χ4n) is 1.89. The van der Waals surface area contributed by atoms with Crippen LogP contribution in [0.5, 0.6) is 0 Å². The highest BCUT2D eigenvalue weighted by atomic mass is 19.4. The number of unbranched alkanes of at least 4 members (excludes halogenated alkanes) is 2. The molecule has 4 heteroatoms. The van der Waals surface area contributed by atoms with E-state index in [1.807, 2.05) is 6.92 Å². The molecular weight excluding hydrogens is 239 g/mol. The molecule has 0 bridgehead atoms. The minimum Gasteiger partial charge on any atom is -0.382 e. The van der Waals surface area contributed by atoms with E-state index in [0.29, 0.717) is 0 Å². The molecular formula is C14H20F3N. The molecule has 0 saturated carbocycles. The van der Waals surface area contributed by atoms with Gasteiger partial charge in [0.25, 0.3) is 0 Å². The van der Waals surface area contributed by atoms with Crippen LogP contribution in [0, 0.1) is 0 Å². The molecule has 0 spiro atoms. The Kier molecular flexibility index (Phi) is 5.51. The molecule has 1 atom stereocenters. The van der Waals surface area contributed by atoms with Crippen LogP contribution in [-0.2, 0) is 6.18 Å². The van der Waals surface area contributed by atoms with Crippen molar-refractivity contribution in [2.24, 2.45) is 0 Å². The molecule has 1 N–H and O–H groups in total. The number of halogens is 3. The Morgan fingerprint density at radius 2 is 1.83 bits per heavy atom. The standard InChI is InChI=1S/C14H20F3N/c1-3-4-5-8-11(2)18-13-10-7-6-9-12(13)14(15,16)17/h6-7,9-11,18H,3-5,8H2,1-2H3. The van der Waals surface area contributed by atoms with Crippen LogP contribution < -0.4 is 5.32 Å². The first kappa shape index (κ1) is 14.9. The van der Waals surface area contributed by atoms with E-state index < -0.39 is 11.7 Å². The number of hydrogen-bond donors (Lipinski definition) is 1. The van der Waals surface area contributed by atoms with Gasteiger partial charge in [-0.1, -0.05) is 38.3 Å². The Morgan fingerprint density at radius 1 is 1.17 bits per heavy atom. The molecule has 1 rings (SSSR count). The lowest BCUT2D eigenvalue weighted by atomic mass is 10.1. The predicted octanol–water partition coefficient (Wildman–Crippen LogP) is 5.09. The number of rotatable bonds is 6. The maximum absolute atomic E-state index is 12.8. The molecule has 1 nitrogen and oxygen atoms in total. The highest BCUT2D eigenvalue weighted by molar-refractivity contribution is 5.53. The lowest BCUT2D eigenvalue weighted by Crippen LogP contribution is -2.18. The van der Waals surface area contributed by atoms with Gasteiger partial charge in [-0.3, -0.25) is 0 Å². The molecule has 0 aliphatic rings. The molecule has 18 heavy (non-hydrogen) atoms. The van der Waals surface area contributed by atoms with Crippen LogP contribution in [0.3, 0.4) is 0 Å². The van der Waals surface area contributed by atoms with E-state index in [4.69, 9.17) is 0 Å². The summed E-state index contributed by atoms with van der Waals surface area (Å²) in [7, 11) is 0. The van der Waals surface area contributed by atoms with Crippen molar-refractivity contribution in [3.63, 3.8) is 0 Å². The lowest BCUT2D eigenvalue weighted by molar-refractivity contribution is -0.137. The summed E-state index contributed by atoms with van der Waals surface area (Å²) < 4.78 is 38.3. The molecule has 0 radical (unpaired) electrons. The Bertz CT molecular complexity index is 360. The summed E-state index contributed by atoms with van der Waals surface area (Å²) in [4.78, 5) is 0. The van der Waals surface area contributed by atoms with Crippen molar-refractivity contribution >= 4 is 5.69 Å². The number of anilines is 1. The Hall–Kier alpha value is -1.19. The van der Waals surface area contributed by atoms with Crippen molar-refractivity contribution in [2.45, 2.75) is 51.7 Å². The zero-order chi connectivity index (χ0) is 13.6. The topological polar surface area (TPSA) is 12.0 Å². The molecule has 102 valence electrons. The Labute approximate surface area is 106 Å². The highest BCUT2D eigenvalue weighted by Gasteiger charge is 2.33. The molecule has 0 saturated heterocycles. The fraction of sp³-hybridized carbons (Fsp3) is 0.571. The average Bonchev–Trinajstić information content (AvgIpc) is 2.28. The van der Waals surface area contributed by atoms with Crippen molar-refractivity contribution in [3.8, 4) is 0 Å². The zero-order valence-electron chi connectivity index (χ0n) is 10.8. The van der Waals surface area contributed by atoms with E-state index in [-0.39, 0.29) is 11.7 Å². The summed E-state index contributed by atoms with van der Waals surface area (Å²) in [6.45, 7) is 4.03. The van der Waals surface area contributed by atoms with Gasteiger partial charge in [0.15, 0.2) is 0 Å². The highest BCUT2D eigenvalue weighted by Crippen LogP contribution is 2.34. The molecule has 0 amide bonds. The predicted molar refractivity (Wildman–Crippen MR) is 68.7 cm³/mol. The average molecular weight is 259 g/mol. The molecule has 0 aliphatic heterocycles. The largest absolute Gasteiger partial charge is 0.418 e. The monoisotopic (exact) mass is 259 g/mol. The van der Waals surface area contributed by atoms with Crippen molar-refractivity contribution in [1.29, 1.82) is 0 Å².